The molecule has 1 aliphatic rings. The Hall–Kier alpha value is -3.29. The number of nitrogens with zero attached hydrogens (tertiary/aromatic N) is 4. The summed E-state index contributed by atoms with van der Waals surface area (Å²) in [5.41, 5.74) is 1.08. The number of likely N-dealkylation sites (tertiary alicyclic amines) is 1. The van der Waals surface area contributed by atoms with Crippen LogP contribution in [-0.4, -0.2) is 43.8 Å². The Kier molecular flexibility index (Phi) is 4.78. The van der Waals surface area contributed by atoms with Gasteiger partial charge in [-0.15, -0.1) is 0 Å². The summed E-state index contributed by atoms with van der Waals surface area (Å²) in [6.07, 6.45) is 7.77. The van der Waals surface area contributed by atoms with Gasteiger partial charge in [0.05, 0.1) is 12.5 Å². The minimum atomic E-state index is -0.464. The van der Waals surface area contributed by atoms with Crippen molar-refractivity contribution in [3.8, 4) is 11.6 Å². The maximum atomic E-state index is 13.9. The number of rotatable bonds is 4. The summed E-state index contributed by atoms with van der Waals surface area (Å²) in [6.45, 7) is 1.16. The average Bonchev–Trinajstić information content (AvgIpc) is 3.24. The second-order valence-corrected chi connectivity index (χ2v) is 6.33. The molecule has 1 aliphatic heterocycles. The smallest absolute Gasteiger partial charge is 0.271 e. The van der Waals surface area contributed by atoms with Crippen molar-refractivity contribution >= 4 is 5.91 Å². The standard InChI is InChI=1S/C19H18FN5O2/c20-14-5-1-2-6-16(14)27-18-17(22-7-8-23-18)13-4-3-9-25(11-13)19(26)15-10-21-12-24-15/h1-2,5-8,10,12-13H,3-4,9,11H2,(H,21,24)/t13-/m0/s1. The van der Waals surface area contributed by atoms with Crippen LogP contribution in [0, 0.1) is 5.82 Å². The molecule has 7 nitrogen and oxygen atoms in total. The number of benzene rings is 1. The number of para-hydroxylation sites is 1. The number of piperidine rings is 1. The van der Waals surface area contributed by atoms with Crippen LogP contribution in [-0.2, 0) is 0 Å². The number of carbonyl (C=O) groups is 1. The second kappa shape index (κ2) is 7.53. The van der Waals surface area contributed by atoms with E-state index in [1.807, 2.05) is 0 Å². The predicted octanol–water partition coefficient (Wildman–Crippen LogP) is 3.15. The van der Waals surface area contributed by atoms with E-state index in [1.165, 1.54) is 24.8 Å². The molecule has 0 bridgehead atoms. The number of hydrogen-bond acceptors (Lipinski definition) is 5. The first-order chi connectivity index (χ1) is 13.2. The van der Waals surface area contributed by atoms with E-state index in [-0.39, 0.29) is 23.5 Å². The van der Waals surface area contributed by atoms with Crippen LogP contribution in [0.25, 0.3) is 0 Å². The van der Waals surface area contributed by atoms with E-state index in [4.69, 9.17) is 4.74 Å². The third-order valence-corrected chi connectivity index (χ3v) is 4.56. The highest BCUT2D eigenvalue weighted by atomic mass is 19.1. The number of nitrogens with one attached hydrogen (secondary N) is 1. The van der Waals surface area contributed by atoms with Crippen molar-refractivity contribution in [3.05, 3.63) is 66.4 Å². The maximum absolute atomic E-state index is 13.9. The molecule has 0 saturated carbocycles. The van der Waals surface area contributed by atoms with Crippen LogP contribution in [0.3, 0.4) is 0 Å². The molecule has 1 atom stereocenters. The fourth-order valence-corrected chi connectivity index (χ4v) is 3.25. The third-order valence-electron chi connectivity index (χ3n) is 4.56. The Balaban J connectivity index is 1.56. The van der Waals surface area contributed by atoms with Crippen molar-refractivity contribution in [2.75, 3.05) is 13.1 Å². The van der Waals surface area contributed by atoms with Crippen molar-refractivity contribution in [3.63, 3.8) is 0 Å². The van der Waals surface area contributed by atoms with Crippen LogP contribution in [0.4, 0.5) is 4.39 Å². The van der Waals surface area contributed by atoms with Gasteiger partial charge in [0.1, 0.15) is 11.4 Å². The fraction of sp³-hybridized carbons (Fsp3) is 0.263. The Morgan fingerprint density at radius 2 is 2.11 bits per heavy atom. The van der Waals surface area contributed by atoms with Crippen molar-refractivity contribution < 1.29 is 13.9 Å². The summed E-state index contributed by atoms with van der Waals surface area (Å²) >= 11 is 0. The van der Waals surface area contributed by atoms with Gasteiger partial charge >= 0.3 is 0 Å². The number of amides is 1. The zero-order chi connectivity index (χ0) is 18.6. The van der Waals surface area contributed by atoms with Gasteiger partial charge in [0.25, 0.3) is 5.91 Å². The molecule has 1 amide bonds. The molecule has 4 rings (SSSR count). The number of ether oxygens (including phenoxy) is 1. The van der Waals surface area contributed by atoms with Gasteiger partial charge < -0.3 is 14.6 Å². The minimum absolute atomic E-state index is 0.0407. The topological polar surface area (TPSA) is 84.0 Å². The van der Waals surface area contributed by atoms with Crippen LogP contribution in [0.5, 0.6) is 11.6 Å². The molecule has 0 spiro atoms. The summed E-state index contributed by atoms with van der Waals surface area (Å²) in [5.74, 6) is -0.239. The quantitative estimate of drug-likeness (QED) is 0.766. The Labute approximate surface area is 155 Å². The summed E-state index contributed by atoms with van der Waals surface area (Å²) < 4.78 is 19.6. The monoisotopic (exact) mass is 367 g/mol. The highest BCUT2D eigenvalue weighted by Crippen LogP contribution is 2.33. The van der Waals surface area contributed by atoms with E-state index in [0.29, 0.717) is 24.5 Å². The van der Waals surface area contributed by atoms with Crippen LogP contribution in [0.2, 0.25) is 0 Å². The summed E-state index contributed by atoms with van der Waals surface area (Å²) in [5, 5.41) is 0. The maximum Gasteiger partial charge on any atom is 0.271 e. The van der Waals surface area contributed by atoms with Gasteiger partial charge in [-0.05, 0) is 25.0 Å². The summed E-state index contributed by atoms with van der Waals surface area (Å²) in [4.78, 5) is 29.8. The number of halogens is 1. The molecule has 27 heavy (non-hydrogen) atoms. The first-order valence-corrected chi connectivity index (χ1v) is 8.73. The molecule has 1 N–H and O–H groups in total. The lowest BCUT2D eigenvalue weighted by atomic mass is 9.94. The van der Waals surface area contributed by atoms with E-state index in [1.54, 1.807) is 29.3 Å². The largest absolute Gasteiger partial charge is 0.434 e. The van der Waals surface area contributed by atoms with Gasteiger partial charge in [-0.25, -0.2) is 14.4 Å². The van der Waals surface area contributed by atoms with E-state index >= 15 is 0 Å². The minimum Gasteiger partial charge on any atom is -0.434 e. The molecule has 3 heterocycles. The number of aromatic amines is 1. The normalized spacial score (nSPS) is 16.9. The molecule has 0 radical (unpaired) electrons. The van der Waals surface area contributed by atoms with Gasteiger partial charge in [0, 0.05) is 31.4 Å². The molecule has 138 valence electrons. The molecule has 8 heteroatoms. The SMILES string of the molecule is O=C(c1cnc[nH]1)N1CCC[C@H](c2nccnc2Oc2ccccc2F)C1. The second-order valence-electron chi connectivity index (χ2n) is 6.33. The Morgan fingerprint density at radius 3 is 2.93 bits per heavy atom. The first-order valence-electron chi connectivity index (χ1n) is 8.73. The third kappa shape index (κ3) is 3.64. The number of hydrogen-bond donors (Lipinski definition) is 1. The van der Waals surface area contributed by atoms with Crippen molar-refractivity contribution in [2.24, 2.45) is 0 Å². The van der Waals surface area contributed by atoms with Gasteiger partial charge in [-0.3, -0.25) is 9.78 Å². The average molecular weight is 367 g/mol. The van der Waals surface area contributed by atoms with Crippen molar-refractivity contribution in [1.82, 2.24) is 24.8 Å². The number of imidazole rings is 1. The van der Waals surface area contributed by atoms with Gasteiger partial charge in [-0.1, -0.05) is 12.1 Å². The van der Waals surface area contributed by atoms with Crippen LogP contribution in [0.1, 0.15) is 34.9 Å². The number of carbonyl (C=O) groups excluding carboxylic acids is 1. The Morgan fingerprint density at radius 1 is 1.26 bits per heavy atom. The molecule has 1 aromatic carbocycles. The van der Waals surface area contributed by atoms with Crippen LogP contribution < -0.4 is 4.74 Å². The lowest BCUT2D eigenvalue weighted by Crippen LogP contribution is -2.39. The molecular weight excluding hydrogens is 349 g/mol. The first kappa shape index (κ1) is 17.1. The zero-order valence-electron chi connectivity index (χ0n) is 14.5. The molecule has 3 aromatic rings. The molecule has 0 aliphatic carbocycles. The lowest BCUT2D eigenvalue weighted by Gasteiger charge is -2.32. The van der Waals surface area contributed by atoms with Gasteiger partial charge in [-0.2, -0.15) is 0 Å². The molecule has 2 aromatic heterocycles. The highest BCUT2D eigenvalue weighted by Gasteiger charge is 2.29. The van der Waals surface area contributed by atoms with E-state index in [0.717, 1.165) is 12.8 Å². The Bertz CT molecular complexity index is 931. The van der Waals surface area contributed by atoms with Crippen molar-refractivity contribution in [1.29, 1.82) is 0 Å². The van der Waals surface area contributed by atoms with Gasteiger partial charge in [0.15, 0.2) is 11.6 Å². The van der Waals surface area contributed by atoms with Crippen LogP contribution >= 0.6 is 0 Å². The number of H-pyrrole nitrogens is 1. The zero-order valence-corrected chi connectivity index (χ0v) is 14.5. The van der Waals surface area contributed by atoms with Crippen molar-refractivity contribution in [2.45, 2.75) is 18.8 Å². The van der Waals surface area contributed by atoms with E-state index in [2.05, 4.69) is 19.9 Å². The highest BCUT2D eigenvalue weighted by molar-refractivity contribution is 5.92. The molecular formula is C19H18FN5O2. The van der Waals surface area contributed by atoms with Crippen LogP contribution in [0.15, 0.2) is 49.2 Å². The predicted molar refractivity (Wildman–Crippen MR) is 95.0 cm³/mol. The van der Waals surface area contributed by atoms with Gasteiger partial charge in [0.2, 0.25) is 5.88 Å². The fourth-order valence-electron chi connectivity index (χ4n) is 3.25. The molecule has 0 unspecified atom stereocenters. The molecule has 1 fully saturated rings. The van der Waals surface area contributed by atoms with E-state index < -0.39 is 5.82 Å². The summed E-state index contributed by atoms with van der Waals surface area (Å²) in [7, 11) is 0. The molecule has 1 saturated heterocycles. The lowest BCUT2D eigenvalue weighted by molar-refractivity contribution is 0.0699. The summed E-state index contributed by atoms with van der Waals surface area (Å²) in [6, 6.07) is 6.17. The number of aromatic nitrogens is 4. The van der Waals surface area contributed by atoms with E-state index in [9.17, 15) is 9.18 Å².